The topological polar surface area (TPSA) is 39.3 Å². The predicted molar refractivity (Wildman–Crippen MR) is 114 cm³/mol. The van der Waals surface area contributed by atoms with Gasteiger partial charge in [0.05, 0.1) is 6.42 Å². The maximum Gasteiger partial charge on any atom is 0.227 e. The number of aromatic amines is 1. The van der Waals surface area contributed by atoms with Crippen LogP contribution in [0.2, 0.25) is 0 Å². The minimum absolute atomic E-state index is 0.246. The molecule has 2 aromatic carbocycles. The van der Waals surface area contributed by atoms with Crippen molar-refractivity contribution in [3.05, 3.63) is 71.9 Å². The second-order valence-corrected chi connectivity index (χ2v) is 7.70. The van der Waals surface area contributed by atoms with Gasteiger partial charge in [-0.15, -0.1) is 0 Å². The number of H-pyrrole nitrogens is 1. The molecule has 0 atom stereocenters. The third kappa shape index (κ3) is 4.63. The summed E-state index contributed by atoms with van der Waals surface area (Å²) in [6.45, 7) is 4.89. The van der Waals surface area contributed by atoms with Crippen molar-refractivity contribution in [1.82, 2.24) is 14.8 Å². The summed E-state index contributed by atoms with van der Waals surface area (Å²) >= 11 is 0. The Bertz CT molecular complexity index is 902. The van der Waals surface area contributed by atoms with Crippen LogP contribution in [0.3, 0.4) is 0 Å². The minimum atomic E-state index is 0.246. The van der Waals surface area contributed by atoms with Crippen LogP contribution in [-0.2, 0) is 17.6 Å². The summed E-state index contributed by atoms with van der Waals surface area (Å²) in [6.07, 6.45) is 5.83. The Hall–Kier alpha value is -2.59. The van der Waals surface area contributed by atoms with E-state index in [9.17, 15) is 4.79 Å². The molecule has 0 spiro atoms. The van der Waals surface area contributed by atoms with Gasteiger partial charge in [0.1, 0.15) is 0 Å². The Balaban J connectivity index is 1.27. The van der Waals surface area contributed by atoms with Crippen molar-refractivity contribution in [3.8, 4) is 0 Å². The fraction of sp³-hybridized carbons (Fsp3) is 0.375. The van der Waals surface area contributed by atoms with E-state index in [2.05, 4.69) is 57.2 Å². The van der Waals surface area contributed by atoms with Gasteiger partial charge in [0.25, 0.3) is 0 Å². The molecular formula is C24H29N3O. The van der Waals surface area contributed by atoms with Gasteiger partial charge in [-0.05, 0) is 49.5 Å². The summed E-state index contributed by atoms with van der Waals surface area (Å²) in [6, 6.07) is 18.9. The van der Waals surface area contributed by atoms with Crippen molar-refractivity contribution < 1.29 is 4.79 Å². The first-order valence-electron chi connectivity index (χ1n) is 10.4. The van der Waals surface area contributed by atoms with Crippen LogP contribution in [0.4, 0.5) is 0 Å². The Morgan fingerprint density at radius 3 is 2.64 bits per heavy atom. The number of carbonyl (C=O) groups is 1. The second-order valence-electron chi connectivity index (χ2n) is 7.70. The van der Waals surface area contributed by atoms with Crippen LogP contribution in [0.15, 0.2) is 60.8 Å². The van der Waals surface area contributed by atoms with Gasteiger partial charge in [-0.25, -0.2) is 0 Å². The first-order valence-corrected chi connectivity index (χ1v) is 10.4. The molecule has 0 radical (unpaired) electrons. The molecule has 0 saturated carbocycles. The molecular weight excluding hydrogens is 346 g/mol. The first kappa shape index (κ1) is 18.8. The van der Waals surface area contributed by atoms with E-state index in [1.54, 1.807) is 0 Å². The van der Waals surface area contributed by atoms with Gasteiger partial charge in [-0.2, -0.15) is 0 Å². The minimum Gasteiger partial charge on any atom is -0.361 e. The fourth-order valence-corrected chi connectivity index (χ4v) is 4.15. The average molecular weight is 376 g/mol. The molecule has 146 valence electrons. The molecule has 1 amide bonds. The third-order valence-corrected chi connectivity index (χ3v) is 5.74. The summed E-state index contributed by atoms with van der Waals surface area (Å²) in [5.74, 6) is 0.246. The van der Waals surface area contributed by atoms with E-state index in [1.165, 1.54) is 12.0 Å². The van der Waals surface area contributed by atoms with Gasteiger partial charge in [0.15, 0.2) is 0 Å². The Kier molecular flexibility index (Phi) is 6.07. The zero-order valence-electron chi connectivity index (χ0n) is 16.4. The molecule has 0 bridgehead atoms. The number of benzene rings is 2. The van der Waals surface area contributed by atoms with Crippen molar-refractivity contribution in [2.75, 3.05) is 32.7 Å². The molecule has 4 rings (SSSR count). The van der Waals surface area contributed by atoms with Crippen LogP contribution in [0.25, 0.3) is 10.9 Å². The monoisotopic (exact) mass is 375 g/mol. The molecule has 4 heteroatoms. The molecule has 3 aromatic rings. The zero-order valence-corrected chi connectivity index (χ0v) is 16.4. The van der Waals surface area contributed by atoms with Crippen molar-refractivity contribution >= 4 is 16.8 Å². The zero-order chi connectivity index (χ0) is 19.2. The van der Waals surface area contributed by atoms with E-state index in [1.807, 2.05) is 18.3 Å². The van der Waals surface area contributed by atoms with Crippen LogP contribution in [0.5, 0.6) is 0 Å². The van der Waals surface area contributed by atoms with Gasteiger partial charge in [0, 0.05) is 36.7 Å². The Labute approximate surface area is 167 Å². The molecule has 0 aliphatic carbocycles. The van der Waals surface area contributed by atoms with E-state index >= 15 is 0 Å². The van der Waals surface area contributed by atoms with Crippen molar-refractivity contribution in [1.29, 1.82) is 0 Å². The number of para-hydroxylation sites is 1. The fourth-order valence-electron chi connectivity index (χ4n) is 4.15. The second kappa shape index (κ2) is 9.07. The van der Waals surface area contributed by atoms with E-state index in [4.69, 9.17) is 0 Å². The average Bonchev–Trinajstić information content (AvgIpc) is 2.98. The molecule has 28 heavy (non-hydrogen) atoms. The lowest BCUT2D eigenvalue weighted by atomic mass is 10.1. The van der Waals surface area contributed by atoms with Crippen LogP contribution < -0.4 is 0 Å². The number of amides is 1. The number of hydrogen-bond donors (Lipinski definition) is 1. The number of hydrogen-bond acceptors (Lipinski definition) is 2. The maximum absolute atomic E-state index is 12.9. The highest BCUT2D eigenvalue weighted by molar-refractivity contribution is 5.88. The highest BCUT2D eigenvalue weighted by Crippen LogP contribution is 2.19. The van der Waals surface area contributed by atoms with Crippen molar-refractivity contribution in [2.24, 2.45) is 0 Å². The molecule has 1 saturated heterocycles. The Morgan fingerprint density at radius 2 is 1.75 bits per heavy atom. The van der Waals surface area contributed by atoms with Crippen molar-refractivity contribution in [3.63, 3.8) is 0 Å². The lowest BCUT2D eigenvalue weighted by Crippen LogP contribution is -2.36. The number of nitrogens with zero attached hydrogens (tertiary/aromatic N) is 2. The van der Waals surface area contributed by atoms with Gasteiger partial charge in [-0.3, -0.25) is 4.79 Å². The Morgan fingerprint density at radius 1 is 0.929 bits per heavy atom. The molecule has 1 aliphatic rings. The van der Waals surface area contributed by atoms with E-state index in [0.29, 0.717) is 6.42 Å². The molecule has 1 fully saturated rings. The van der Waals surface area contributed by atoms with Crippen molar-refractivity contribution in [2.45, 2.75) is 25.7 Å². The van der Waals surface area contributed by atoms with Gasteiger partial charge < -0.3 is 14.8 Å². The quantitative estimate of drug-likeness (QED) is 0.710. The number of nitrogens with one attached hydrogen (secondary N) is 1. The molecule has 1 aliphatic heterocycles. The highest BCUT2D eigenvalue weighted by atomic mass is 16.2. The molecule has 1 N–H and O–H groups in total. The van der Waals surface area contributed by atoms with Crippen LogP contribution in [0.1, 0.15) is 24.0 Å². The van der Waals surface area contributed by atoms with Crippen LogP contribution in [-0.4, -0.2) is 53.4 Å². The number of rotatable bonds is 6. The smallest absolute Gasteiger partial charge is 0.227 e. The maximum atomic E-state index is 12.9. The number of carbonyl (C=O) groups excluding carboxylic acids is 1. The summed E-state index contributed by atoms with van der Waals surface area (Å²) < 4.78 is 0. The van der Waals surface area contributed by atoms with E-state index in [-0.39, 0.29) is 5.91 Å². The molecule has 2 heterocycles. The molecule has 1 aromatic heterocycles. The third-order valence-electron chi connectivity index (χ3n) is 5.74. The van der Waals surface area contributed by atoms with E-state index < -0.39 is 0 Å². The summed E-state index contributed by atoms with van der Waals surface area (Å²) in [7, 11) is 0. The van der Waals surface area contributed by atoms with Crippen LogP contribution in [0, 0.1) is 0 Å². The summed E-state index contributed by atoms with van der Waals surface area (Å²) in [5, 5.41) is 1.16. The summed E-state index contributed by atoms with van der Waals surface area (Å²) in [5.41, 5.74) is 3.61. The standard InChI is InChI=1S/C24H29N3O/c28-24(18-21-19-25-23-12-5-4-11-22(21)23)27-15-7-14-26(16-17-27)13-6-10-20-8-2-1-3-9-20/h1-5,8-9,11-12,19,25H,6-7,10,13-18H2. The normalized spacial score (nSPS) is 15.6. The van der Waals surface area contributed by atoms with Gasteiger partial charge in [-0.1, -0.05) is 48.5 Å². The first-order chi connectivity index (χ1) is 13.8. The number of fused-ring (bicyclic) bond motifs is 1. The largest absolute Gasteiger partial charge is 0.361 e. The van der Waals surface area contributed by atoms with Gasteiger partial charge in [0.2, 0.25) is 5.91 Å². The molecule has 0 unspecified atom stereocenters. The predicted octanol–water partition coefficient (Wildman–Crippen LogP) is 3.88. The lowest BCUT2D eigenvalue weighted by molar-refractivity contribution is -0.130. The highest BCUT2D eigenvalue weighted by Gasteiger charge is 2.20. The van der Waals surface area contributed by atoms with Crippen LogP contribution >= 0.6 is 0 Å². The number of aromatic nitrogens is 1. The van der Waals surface area contributed by atoms with E-state index in [0.717, 1.165) is 62.0 Å². The number of aryl methyl sites for hydroxylation is 1. The van der Waals surface area contributed by atoms with Gasteiger partial charge >= 0.3 is 0 Å². The lowest BCUT2D eigenvalue weighted by Gasteiger charge is -2.22. The SMILES string of the molecule is O=C(Cc1c[nH]c2ccccc12)N1CCCN(CCCc2ccccc2)CC1. The molecule has 4 nitrogen and oxygen atoms in total. The summed E-state index contributed by atoms with van der Waals surface area (Å²) in [4.78, 5) is 20.7.